The molecule has 0 aromatic carbocycles. The molecule has 0 bridgehead atoms. The topological polar surface area (TPSA) is 12.9 Å². The van der Waals surface area contributed by atoms with Crippen LogP contribution in [0.4, 0.5) is 0 Å². The first kappa shape index (κ1) is 9.20. The summed E-state index contributed by atoms with van der Waals surface area (Å²) in [6.07, 6.45) is 3.67. The second kappa shape index (κ2) is 3.09. The lowest BCUT2D eigenvalue weighted by molar-refractivity contribution is 0.619. The van der Waals surface area contributed by atoms with Crippen LogP contribution >= 0.6 is 11.3 Å². The van der Waals surface area contributed by atoms with Crippen LogP contribution in [-0.2, 0) is 6.42 Å². The summed E-state index contributed by atoms with van der Waals surface area (Å²) < 4.78 is 0. The molecule has 1 atom stereocenters. The van der Waals surface area contributed by atoms with Gasteiger partial charge >= 0.3 is 0 Å². The number of aryl methyl sites for hydroxylation is 1. The highest BCUT2D eigenvalue weighted by atomic mass is 32.1. The Kier molecular flexibility index (Phi) is 2.18. The zero-order valence-electron chi connectivity index (χ0n) is 8.63. The highest BCUT2D eigenvalue weighted by Crippen LogP contribution is 2.59. The minimum Gasteiger partial charge on any atom is -0.246 e. The molecule has 1 unspecified atom stereocenters. The van der Waals surface area contributed by atoms with E-state index in [0.29, 0.717) is 5.41 Å². The van der Waals surface area contributed by atoms with Crippen LogP contribution in [0.1, 0.15) is 50.2 Å². The minimum absolute atomic E-state index is 0.529. The van der Waals surface area contributed by atoms with Crippen molar-refractivity contribution >= 4 is 11.3 Å². The van der Waals surface area contributed by atoms with Crippen molar-refractivity contribution in [2.75, 3.05) is 0 Å². The second-order valence-corrected chi connectivity index (χ2v) is 5.56. The number of rotatable bonds is 3. The molecule has 2 rings (SSSR count). The highest BCUT2D eigenvalue weighted by molar-refractivity contribution is 7.09. The fourth-order valence-corrected chi connectivity index (χ4v) is 2.91. The first-order valence-corrected chi connectivity index (χ1v) is 5.96. The molecule has 72 valence electrons. The van der Waals surface area contributed by atoms with E-state index in [4.69, 9.17) is 0 Å². The summed E-state index contributed by atoms with van der Waals surface area (Å²) in [5, 5.41) is 3.60. The van der Waals surface area contributed by atoms with Gasteiger partial charge < -0.3 is 0 Å². The number of hydrogen-bond donors (Lipinski definition) is 0. The van der Waals surface area contributed by atoms with Crippen molar-refractivity contribution in [1.82, 2.24) is 4.98 Å². The predicted octanol–water partition coefficient (Wildman–Crippen LogP) is 3.61. The Hall–Kier alpha value is -0.370. The van der Waals surface area contributed by atoms with E-state index in [-0.39, 0.29) is 0 Å². The molecule has 1 fully saturated rings. The third-order valence-electron chi connectivity index (χ3n) is 2.89. The molecule has 2 heteroatoms. The molecule has 1 aromatic rings. The van der Waals surface area contributed by atoms with Gasteiger partial charge in [-0.25, -0.2) is 4.98 Å². The Morgan fingerprint density at radius 3 is 2.85 bits per heavy atom. The van der Waals surface area contributed by atoms with E-state index in [1.54, 1.807) is 0 Å². The molecule has 0 spiro atoms. The van der Waals surface area contributed by atoms with Gasteiger partial charge in [0, 0.05) is 11.3 Å². The van der Waals surface area contributed by atoms with Gasteiger partial charge in [0.05, 0.1) is 10.7 Å². The fourth-order valence-electron chi connectivity index (χ4n) is 1.74. The van der Waals surface area contributed by atoms with Crippen molar-refractivity contribution in [1.29, 1.82) is 0 Å². The van der Waals surface area contributed by atoms with Crippen LogP contribution in [0.15, 0.2) is 5.38 Å². The summed E-state index contributed by atoms with van der Waals surface area (Å²) in [6, 6.07) is 0. The van der Waals surface area contributed by atoms with Gasteiger partial charge in [-0.15, -0.1) is 11.3 Å². The van der Waals surface area contributed by atoms with Crippen molar-refractivity contribution in [2.24, 2.45) is 5.41 Å². The zero-order valence-corrected chi connectivity index (χ0v) is 9.45. The van der Waals surface area contributed by atoms with E-state index in [9.17, 15) is 0 Å². The van der Waals surface area contributed by atoms with Crippen LogP contribution < -0.4 is 0 Å². The van der Waals surface area contributed by atoms with Crippen LogP contribution in [0.5, 0.6) is 0 Å². The van der Waals surface area contributed by atoms with Gasteiger partial charge in [0.15, 0.2) is 0 Å². The molecule has 0 N–H and O–H groups in total. The van der Waals surface area contributed by atoms with Crippen molar-refractivity contribution in [2.45, 2.75) is 46.0 Å². The van der Waals surface area contributed by atoms with Gasteiger partial charge in [0.1, 0.15) is 0 Å². The lowest BCUT2D eigenvalue weighted by Crippen LogP contribution is -1.90. The van der Waals surface area contributed by atoms with E-state index >= 15 is 0 Å². The van der Waals surface area contributed by atoms with E-state index in [1.165, 1.54) is 23.5 Å². The molecule has 1 aliphatic carbocycles. The average molecular weight is 195 g/mol. The summed E-state index contributed by atoms with van der Waals surface area (Å²) in [6.45, 7) is 6.87. The van der Waals surface area contributed by atoms with Crippen LogP contribution in [0, 0.1) is 5.41 Å². The Morgan fingerprint density at radius 1 is 1.62 bits per heavy atom. The summed E-state index contributed by atoms with van der Waals surface area (Å²) >= 11 is 1.85. The summed E-state index contributed by atoms with van der Waals surface area (Å²) in [5.74, 6) is 0.753. The molecule has 1 aromatic heterocycles. The number of aromatic nitrogens is 1. The molecule has 1 heterocycles. The monoisotopic (exact) mass is 195 g/mol. The average Bonchev–Trinajstić information content (AvgIpc) is 2.52. The molecule has 13 heavy (non-hydrogen) atoms. The van der Waals surface area contributed by atoms with Gasteiger partial charge in [-0.2, -0.15) is 0 Å². The smallest absolute Gasteiger partial charge is 0.0964 e. The fraction of sp³-hybridized carbons (Fsp3) is 0.727. The quantitative estimate of drug-likeness (QED) is 0.718. The lowest BCUT2D eigenvalue weighted by Gasteiger charge is -1.97. The van der Waals surface area contributed by atoms with Crippen molar-refractivity contribution < 1.29 is 0 Å². The number of hydrogen-bond acceptors (Lipinski definition) is 2. The molecular weight excluding hydrogens is 178 g/mol. The molecule has 0 radical (unpaired) electrons. The van der Waals surface area contributed by atoms with Gasteiger partial charge in [0.25, 0.3) is 0 Å². The minimum atomic E-state index is 0.529. The largest absolute Gasteiger partial charge is 0.246 e. The van der Waals surface area contributed by atoms with E-state index < -0.39 is 0 Å². The zero-order chi connectivity index (χ0) is 9.47. The standard InChI is InChI=1S/C11H17NS/c1-4-5-8-7-13-10(12-8)9-6-11(9,2)3/h7,9H,4-6H2,1-3H3. The van der Waals surface area contributed by atoms with Crippen molar-refractivity contribution in [3.8, 4) is 0 Å². The molecule has 0 saturated heterocycles. The van der Waals surface area contributed by atoms with Gasteiger partial charge in [-0.05, 0) is 18.3 Å². The first-order chi connectivity index (χ1) is 6.13. The summed E-state index contributed by atoms with van der Waals surface area (Å²) in [5.41, 5.74) is 1.83. The Balaban J connectivity index is 2.07. The van der Waals surface area contributed by atoms with Crippen LogP contribution in [0.25, 0.3) is 0 Å². The van der Waals surface area contributed by atoms with E-state index in [1.807, 2.05) is 11.3 Å². The van der Waals surface area contributed by atoms with Crippen molar-refractivity contribution in [3.05, 3.63) is 16.1 Å². The highest BCUT2D eigenvalue weighted by Gasteiger charge is 2.48. The van der Waals surface area contributed by atoms with Gasteiger partial charge in [0.2, 0.25) is 0 Å². The van der Waals surface area contributed by atoms with Gasteiger partial charge in [-0.1, -0.05) is 27.2 Å². The SMILES string of the molecule is CCCc1csc(C2CC2(C)C)n1. The predicted molar refractivity (Wildman–Crippen MR) is 57.2 cm³/mol. The molecule has 1 saturated carbocycles. The van der Waals surface area contributed by atoms with E-state index in [0.717, 1.165) is 12.3 Å². The molecule has 0 aliphatic heterocycles. The number of thiazole rings is 1. The lowest BCUT2D eigenvalue weighted by atomic mass is 10.1. The molecule has 1 aliphatic rings. The first-order valence-electron chi connectivity index (χ1n) is 5.08. The van der Waals surface area contributed by atoms with Crippen LogP contribution in [0.3, 0.4) is 0 Å². The van der Waals surface area contributed by atoms with E-state index in [2.05, 4.69) is 31.1 Å². The number of nitrogens with zero attached hydrogens (tertiary/aromatic N) is 1. The third kappa shape index (κ3) is 1.78. The molecule has 1 nitrogen and oxygen atoms in total. The summed E-state index contributed by atoms with van der Waals surface area (Å²) in [4.78, 5) is 4.68. The van der Waals surface area contributed by atoms with Crippen LogP contribution in [0.2, 0.25) is 0 Å². The summed E-state index contributed by atoms with van der Waals surface area (Å²) in [7, 11) is 0. The maximum Gasteiger partial charge on any atom is 0.0964 e. The van der Waals surface area contributed by atoms with Crippen LogP contribution in [-0.4, -0.2) is 4.98 Å². The third-order valence-corrected chi connectivity index (χ3v) is 3.89. The maximum atomic E-state index is 4.68. The molecular formula is C11H17NS. The van der Waals surface area contributed by atoms with Gasteiger partial charge in [-0.3, -0.25) is 0 Å². The maximum absolute atomic E-state index is 4.68. The second-order valence-electron chi connectivity index (χ2n) is 4.67. The Bertz CT molecular complexity index is 301. The Morgan fingerprint density at radius 2 is 2.31 bits per heavy atom. The normalized spacial score (nSPS) is 24.7. The Labute approximate surface area is 84.2 Å². The van der Waals surface area contributed by atoms with Crippen molar-refractivity contribution in [3.63, 3.8) is 0 Å². The molecule has 0 amide bonds.